The van der Waals surface area contributed by atoms with Crippen LogP contribution in [0.25, 0.3) is 5.69 Å². The smallest absolute Gasteiger partial charge is 0.225 e. The van der Waals surface area contributed by atoms with Gasteiger partial charge in [0.2, 0.25) is 5.91 Å². The van der Waals surface area contributed by atoms with Gasteiger partial charge >= 0.3 is 0 Å². The van der Waals surface area contributed by atoms with E-state index in [2.05, 4.69) is 26.5 Å². The van der Waals surface area contributed by atoms with Crippen LogP contribution >= 0.6 is 0 Å². The maximum atomic E-state index is 11.2. The van der Waals surface area contributed by atoms with Gasteiger partial charge in [-0.15, -0.1) is 5.10 Å². The highest BCUT2D eigenvalue weighted by Gasteiger charge is 2.14. The monoisotopic (exact) mass is 311 g/mol. The molecule has 0 fully saturated rings. The lowest BCUT2D eigenvalue weighted by Gasteiger charge is -2.08. The van der Waals surface area contributed by atoms with E-state index in [-0.39, 0.29) is 6.42 Å². The van der Waals surface area contributed by atoms with Gasteiger partial charge in [0.25, 0.3) is 0 Å². The lowest BCUT2D eigenvalue weighted by Crippen LogP contribution is -2.14. The van der Waals surface area contributed by atoms with Crippen molar-refractivity contribution in [2.75, 3.05) is 0 Å². The second-order valence-electron chi connectivity index (χ2n) is 5.45. The molecule has 0 aliphatic rings. The van der Waals surface area contributed by atoms with E-state index in [1.165, 1.54) is 0 Å². The first-order valence-corrected chi connectivity index (χ1v) is 7.17. The van der Waals surface area contributed by atoms with E-state index in [1.54, 1.807) is 21.8 Å². The highest BCUT2D eigenvalue weighted by molar-refractivity contribution is 5.75. The molecule has 8 nitrogen and oxygen atoms in total. The number of carbonyl (C=O) groups is 1. The van der Waals surface area contributed by atoms with Crippen molar-refractivity contribution in [1.29, 1.82) is 0 Å². The van der Waals surface area contributed by atoms with E-state index in [1.807, 2.05) is 26.0 Å². The topological polar surface area (TPSA) is 105 Å². The molecule has 0 unspecified atom stereocenters. The van der Waals surface area contributed by atoms with Gasteiger partial charge in [-0.3, -0.25) is 4.79 Å². The third-order valence-electron chi connectivity index (χ3n) is 3.28. The fourth-order valence-electron chi connectivity index (χ4n) is 2.47. The fraction of sp³-hybridized carbons (Fsp3) is 0.267. The van der Waals surface area contributed by atoms with Crippen LogP contribution in [0.4, 0.5) is 0 Å². The molecule has 118 valence electrons. The van der Waals surface area contributed by atoms with Crippen molar-refractivity contribution in [3.63, 3.8) is 0 Å². The summed E-state index contributed by atoms with van der Waals surface area (Å²) in [5, 5.41) is 12.2. The number of nitrogens with two attached hydrogens (primary N) is 1. The van der Waals surface area contributed by atoms with Crippen molar-refractivity contribution in [2.24, 2.45) is 5.73 Å². The van der Waals surface area contributed by atoms with Gasteiger partial charge in [-0.05, 0) is 37.1 Å². The van der Waals surface area contributed by atoms with Crippen molar-refractivity contribution in [1.82, 2.24) is 29.8 Å². The molecule has 0 saturated carbocycles. The van der Waals surface area contributed by atoms with Crippen LogP contribution in [-0.2, 0) is 17.8 Å². The maximum Gasteiger partial charge on any atom is 0.225 e. The van der Waals surface area contributed by atoms with Crippen LogP contribution in [-0.4, -0.2) is 35.7 Å². The van der Waals surface area contributed by atoms with Crippen LogP contribution in [0.3, 0.4) is 0 Å². The largest absolute Gasteiger partial charge is 0.369 e. The molecule has 2 aromatic heterocycles. The van der Waals surface area contributed by atoms with Gasteiger partial charge < -0.3 is 5.73 Å². The van der Waals surface area contributed by atoms with E-state index < -0.39 is 5.91 Å². The molecule has 2 N–H and O–H groups in total. The van der Waals surface area contributed by atoms with Crippen molar-refractivity contribution in [2.45, 2.75) is 26.8 Å². The predicted octanol–water partition coefficient (Wildman–Crippen LogP) is 0.552. The Morgan fingerprint density at radius 3 is 2.57 bits per heavy atom. The molecule has 0 saturated heterocycles. The minimum atomic E-state index is -0.463. The predicted molar refractivity (Wildman–Crippen MR) is 82.9 cm³/mol. The van der Waals surface area contributed by atoms with Crippen molar-refractivity contribution < 1.29 is 4.79 Å². The Morgan fingerprint density at radius 1 is 1.22 bits per heavy atom. The summed E-state index contributed by atoms with van der Waals surface area (Å²) in [6.07, 6.45) is 3.35. The van der Waals surface area contributed by atoms with Crippen LogP contribution < -0.4 is 5.73 Å². The Hall–Kier alpha value is -3.03. The lowest BCUT2D eigenvalue weighted by atomic mass is 10.1. The Labute approximate surface area is 132 Å². The summed E-state index contributed by atoms with van der Waals surface area (Å²) < 4.78 is 3.37. The lowest BCUT2D eigenvalue weighted by molar-refractivity contribution is -0.117. The summed E-state index contributed by atoms with van der Waals surface area (Å²) >= 11 is 0. The molecule has 0 aliphatic carbocycles. The van der Waals surface area contributed by atoms with Gasteiger partial charge in [0.1, 0.15) is 6.54 Å². The Kier molecular flexibility index (Phi) is 3.88. The molecule has 1 amide bonds. The minimum absolute atomic E-state index is 0.00214. The average molecular weight is 311 g/mol. The Bertz CT molecular complexity index is 815. The van der Waals surface area contributed by atoms with Crippen LogP contribution in [0.1, 0.15) is 22.8 Å². The molecule has 0 atom stereocenters. The molecule has 0 bridgehead atoms. The van der Waals surface area contributed by atoms with Gasteiger partial charge in [0, 0.05) is 6.20 Å². The van der Waals surface area contributed by atoms with E-state index in [4.69, 9.17) is 5.73 Å². The highest BCUT2D eigenvalue weighted by atomic mass is 16.1. The minimum Gasteiger partial charge on any atom is -0.369 e. The molecule has 0 spiro atoms. The summed E-state index contributed by atoms with van der Waals surface area (Å²) in [6, 6.07) is 6.11. The molecule has 23 heavy (non-hydrogen) atoms. The van der Waals surface area contributed by atoms with E-state index in [9.17, 15) is 4.79 Å². The van der Waals surface area contributed by atoms with E-state index >= 15 is 0 Å². The SMILES string of the molecule is Cc1cc(C)cc(-n2nc(CC(N)=O)nc2Cn2ccnn2)c1. The first kappa shape index (κ1) is 14.9. The number of hydrogen-bond acceptors (Lipinski definition) is 5. The number of amides is 1. The first-order valence-electron chi connectivity index (χ1n) is 7.17. The molecule has 3 aromatic rings. The first-order chi connectivity index (χ1) is 11.0. The Morgan fingerprint density at radius 2 is 1.96 bits per heavy atom. The van der Waals surface area contributed by atoms with Gasteiger partial charge in [0.05, 0.1) is 18.3 Å². The zero-order chi connectivity index (χ0) is 16.4. The van der Waals surface area contributed by atoms with Crippen LogP contribution in [0.2, 0.25) is 0 Å². The normalized spacial score (nSPS) is 10.9. The average Bonchev–Trinajstić information content (AvgIpc) is 3.07. The second-order valence-corrected chi connectivity index (χ2v) is 5.45. The summed E-state index contributed by atoms with van der Waals surface area (Å²) in [7, 11) is 0. The molecule has 1 aromatic carbocycles. The third kappa shape index (κ3) is 3.42. The molecule has 0 radical (unpaired) electrons. The van der Waals surface area contributed by atoms with Crippen LogP contribution in [0.5, 0.6) is 0 Å². The number of aromatic nitrogens is 6. The summed E-state index contributed by atoms with van der Waals surface area (Å²) in [4.78, 5) is 15.6. The summed E-state index contributed by atoms with van der Waals surface area (Å²) in [6.45, 7) is 4.45. The van der Waals surface area contributed by atoms with Crippen molar-refractivity contribution >= 4 is 5.91 Å². The molecular weight excluding hydrogens is 294 g/mol. The third-order valence-corrected chi connectivity index (χ3v) is 3.28. The number of rotatable bonds is 5. The number of carbonyl (C=O) groups excluding carboxylic acids is 1. The number of benzene rings is 1. The zero-order valence-corrected chi connectivity index (χ0v) is 13.0. The van der Waals surface area contributed by atoms with E-state index in [0.717, 1.165) is 16.8 Å². The van der Waals surface area contributed by atoms with Crippen LogP contribution in [0, 0.1) is 13.8 Å². The zero-order valence-electron chi connectivity index (χ0n) is 13.0. The second kappa shape index (κ2) is 5.99. The number of hydrogen-bond donors (Lipinski definition) is 1. The highest BCUT2D eigenvalue weighted by Crippen LogP contribution is 2.15. The quantitative estimate of drug-likeness (QED) is 0.741. The number of nitrogens with zero attached hydrogens (tertiary/aromatic N) is 6. The van der Waals surface area contributed by atoms with E-state index in [0.29, 0.717) is 18.2 Å². The van der Waals surface area contributed by atoms with Gasteiger partial charge in [-0.1, -0.05) is 11.3 Å². The van der Waals surface area contributed by atoms with Crippen LogP contribution in [0.15, 0.2) is 30.6 Å². The number of aryl methyl sites for hydroxylation is 2. The van der Waals surface area contributed by atoms with Crippen molar-refractivity contribution in [3.8, 4) is 5.69 Å². The molecule has 8 heteroatoms. The molecule has 3 rings (SSSR count). The molecule has 2 heterocycles. The fourth-order valence-corrected chi connectivity index (χ4v) is 2.47. The maximum absolute atomic E-state index is 11.2. The van der Waals surface area contributed by atoms with Crippen molar-refractivity contribution in [3.05, 3.63) is 53.4 Å². The summed E-state index contributed by atoms with van der Waals surface area (Å²) in [5.74, 6) is 0.596. The number of primary amides is 1. The molecular formula is C15H17N7O. The van der Waals surface area contributed by atoms with Gasteiger partial charge in [-0.25, -0.2) is 14.3 Å². The standard InChI is InChI=1S/C15H17N7O/c1-10-5-11(2)7-12(6-10)22-15(9-21-4-3-17-20-21)18-14(19-22)8-13(16)23/h3-7H,8-9H2,1-2H3,(H2,16,23). The molecule has 0 aliphatic heterocycles. The Balaban J connectivity index is 2.05. The summed E-state index contributed by atoms with van der Waals surface area (Å²) in [5.41, 5.74) is 8.39. The van der Waals surface area contributed by atoms with Gasteiger partial charge in [0.15, 0.2) is 11.6 Å². The van der Waals surface area contributed by atoms with Gasteiger partial charge in [-0.2, -0.15) is 5.10 Å².